The van der Waals surface area contributed by atoms with Gasteiger partial charge in [0.05, 0.1) is 22.6 Å². The summed E-state index contributed by atoms with van der Waals surface area (Å²) in [6.07, 6.45) is 0.367. The van der Waals surface area contributed by atoms with Crippen molar-refractivity contribution >= 4 is 44.3 Å². The van der Waals surface area contributed by atoms with Crippen LogP contribution < -0.4 is 16.5 Å². The van der Waals surface area contributed by atoms with Crippen LogP contribution in [0.4, 0.5) is 25.0 Å². The third-order valence-corrected chi connectivity index (χ3v) is 4.42. The monoisotopic (exact) mass is 465 g/mol. The van der Waals surface area contributed by atoms with Crippen LogP contribution in [0, 0.1) is 11.6 Å². The predicted octanol–water partition coefficient (Wildman–Crippen LogP) is 4.96. The molecule has 6 nitrogen and oxygen atoms in total. The lowest BCUT2D eigenvalue weighted by Crippen LogP contribution is -2.27. The van der Waals surface area contributed by atoms with Crippen molar-refractivity contribution in [2.75, 3.05) is 11.1 Å². The SMILES string of the molecule is CC(C)(C)OC(=O)Nc1cc(-n2cc(N)c(=O)c3ccc(Br)cc32)c(F)cc1F. The molecule has 0 aliphatic carbocycles. The summed E-state index contributed by atoms with van der Waals surface area (Å²) in [5, 5.41) is 2.53. The first kappa shape index (κ1) is 20.8. The molecule has 0 spiro atoms. The molecule has 1 heterocycles. The van der Waals surface area contributed by atoms with Crippen LogP contribution >= 0.6 is 15.9 Å². The van der Waals surface area contributed by atoms with Crippen molar-refractivity contribution in [3.63, 3.8) is 0 Å². The standard InChI is InChI=1S/C20H18BrF2N3O3/c1-20(2,3)29-19(28)25-15-8-17(13(23)7-12(15)22)26-9-14(24)18(27)11-5-4-10(21)6-16(11)26/h4-9H,24H2,1-3H3,(H,25,28). The van der Waals surface area contributed by atoms with Crippen LogP contribution in [0.15, 0.2) is 45.8 Å². The van der Waals surface area contributed by atoms with Crippen molar-refractivity contribution in [1.82, 2.24) is 4.57 Å². The number of hydrogen-bond donors (Lipinski definition) is 2. The summed E-state index contributed by atoms with van der Waals surface area (Å²) in [5.74, 6) is -1.88. The number of nitrogens with two attached hydrogens (primary N) is 1. The lowest BCUT2D eigenvalue weighted by Gasteiger charge is -2.20. The van der Waals surface area contributed by atoms with Crippen LogP contribution in [-0.2, 0) is 4.74 Å². The van der Waals surface area contributed by atoms with E-state index >= 15 is 0 Å². The highest BCUT2D eigenvalue weighted by atomic mass is 79.9. The van der Waals surface area contributed by atoms with Gasteiger partial charge in [-0.3, -0.25) is 10.1 Å². The topological polar surface area (TPSA) is 86.3 Å². The Kier molecular flexibility index (Phi) is 5.36. The molecule has 3 N–H and O–H groups in total. The summed E-state index contributed by atoms with van der Waals surface area (Å²) in [6, 6.07) is 6.57. The Morgan fingerprint density at radius 3 is 2.52 bits per heavy atom. The zero-order valence-corrected chi connectivity index (χ0v) is 17.4. The lowest BCUT2D eigenvalue weighted by atomic mass is 10.1. The summed E-state index contributed by atoms with van der Waals surface area (Å²) in [4.78, 5) is 24.3. The average molecular weight is 466 g/mol. The molecule has 0 saturated heterocycles. The summed E-state index contributed by atoms with van der Waals surface area (Å²) >= 11 is 3.31. The Morgan fingerprint density at radius 2 is 1.86 bits per heavy atom. The van der Waals surface area contributed by atoms with Gasteiger partial charge in [0.1, 0.15) is 17.2 Å². The number of amides is 1. The van der Waals surface area contributed by atoms with Gasteiger partial charge < -0.3 is 15.0 Å². The fourth-order valence-electron chi connectivity index (χ4n) is 2.75. The summed E-state index contributed by atoms with van der Waals surface area (Å²) < 4.78 is 36.0. The van der Waals surface area contributed by atoms with Gasteiger partial charge in [0.25, 0.3) is 0 Å². The smallest absolute Gasteiger partial charge is 0.412 e. The number of carbonyl (C=O) groups is 1. The van der Waals surface area contributed by atoms with Crippen molar-refractivity contribution in [3.8, 4) is 5.69 Å². The van der Waals surface area contributed by atoms with Crippen molar-refractivity contribution in [2.24, 2.45) is 0 Å². The minimum Gasteiger partial charge on any atom is -0.444 e. The zero-order chi connectivity index (χ0) is 21.5. The molecule has 29 heavy (non-hydrogen) atoms. The van der Waals surface area contributed by atoms with Crippen LogP contribution in [0.1, 0.15) is 20.8 Å². The molecule has 1 amide bonds. The maximum atomic E-state index is 14.7. The van der Waals surface area contributed by atoms with Crippen molar-refractivity contribution in [3.05, 3.63) is 62.9 Å². The van der Waals surface area contributed by atoms with Crippen molar-refractivity contribution < 1.29 is 18.3 Å². The van der Waals surface area contributed by atoms with Gasteiger partial charge in [-0.25, -0.2) is 13.6 Å². The highest BCUT2D eigenvalue weighted by Gasteiger charge is 2.20. The van der Waals surface area contributed by atoms with Crippen LogP contribution in [0.25, 0.3) is 16.6 Å². The van der Waals surface area contributed by atoms with Gasteiger partial charge >= 0.3 is 6.09 Å². The fraction of sp³-hybridized carbons (Fsp3) is 0.200. The van der Waals surface area contributed by atoms with E-state index in [0.29, 0.717) is 16.1 Å². The number of rotatable bonds is 2. The second-order valence-electron chi connectivity index (χ2n) is 7.36. The number of benzene rings is 2. The summed E-state index contributed by atoms with van der Waals surface area (Å²) in [5.41, 5.74) is 4.46. The highest BCUT2D eigenvalue weighted by molar-refractivity contribution is 9.10. The number of pyridine rings is 1. The Balaban J connectivity index is 2.17. The van der Waals surface area contributed by atoms with Gasteiger partial charge in [0.2, 0.25) is 5.43 Å². The number of carbonyl (C=O) groups excluding carboxylic acids is 1. The third-order valence-electron chi connectivity index (χ3n) is 3.93. The quantitative estimate of drug-likeness (QED) is 0.559. The van der Waals surface area contributed by atoms with Gasteiger partial charge in [-0.15, -0.1) is 0 Å². The molecule has 0 aliphatic rings. The first-order chi connectivity index (χ1) is 13.5. The predicted molar refractivity (Wildman–Crippen MR) is 111 cm³/mol. The number of fused-ring (bicyclic) bond motifs is 1. The van der Waals surface area contributed by atoms with E-state index in [1.165, 1.54) is 10.8 Å². The Hall–Kier alpha value is -2.94. The molecule has 0 unspecified atom stereocenters. The molecule has 0 atom stereocenters. The van der Waals surface area contributed by atoms with E-state index in [1.54, 1.807) is 39.0 Å². The van der Waals surface area contributed by atoms with Crippen LogP contribution in [-0.4, -0.2) is 16.3 Å². The minimum absolute atomic E-state index is 0.104. The second-order valence-corrected chi connectivity index (χ2v) is 8.27. The maximum absolute atomic E-state index is 14.7. The zero-order valence-electron chi connectivity index (χ0n) is 15.8. The molecular formula is C20H18BrF2N3O3. The average Bonchev–Trinajstić information content (AvgIpc) is 2.59. The second kappa shape index (κ2) is 7.47. The number of hydrogen-bond acceptors (Lipinski definition) is 4. The molecule has 1 aromatic heterocycles. The van der Waals surface area contributed by atoms with Gasteiger partial charge in [0, 0.05) is 22.1 Å². The first-order valence-corrected chi connectivity index (χ1v) is 9.35. The van der Waals surface area contributed by atoms with E-state index in [-0.39, 0.29) is 22.4 Å². The van der Waals surface area contributed by atoms with Crippen LogP contribution in [0.5, 0.6) is 0 Å². The van der Waals surface area contributed by atoms with Crippen molar-refractivity contribution in [2.45, 2.75) is 26.4 Å². The summed E-state index contributed by atoms with van der Waals surface area (Å²) in [7, 11) is 0. The molecule has 0 radical (unpaired) electrons. The molecule has 3 aromatic rings. The molecule has 152 valence electrons. The molecular weight excluding hydrogens is 448 g/mol. The molecule has 0 aliphatic heterocycles. The van der Waals surface area contributed by atoms with E-state index in [9.17, 15) is 18.4 Å². The molecule has 2 aromatic carbocycles. The normalized spacial score (nSPS) is 11.5. The van der Waals surface area contributed by atoms with Gasteiger partial charge in [-0.1, -0.05) is 15.9 Å². The highest BCUT2D eigenvalue weighted by Crippen LogP contribution is 2.27. The molecule has 3 rings (SSSR count). The Bertz CT molecular complexity index is 1190. The number of nitrogen functional groups attached to an aromatic ring is 1. The largest absolute Gasteiger partial charge is 0.444 e. The van der Waals surface area contributed by atoms with Crippen molar-refractivity contribution in [1.29, 1.82) is 0 Å². The number of nitrogens with zero attached hydrogens (tertiary/aromatic N) is 1. The Labute approximate surface area is 173 Å². The number of halogens is 3. The van der Waals surface area contributed by atoms with E-state index in [0.717, 1.165) is 6.07 Å². The van der Waals surface area contributed by atoms with E-state index in [1.807, 2.05) is 0 Å². The number of anilines is 2. The molecule has 0 bridgehead atoms. The third kappa shape index (κ3) is 4.40. The molecule has 0 saturated carbocycles. The van der Waals surface area contributed by atoms with E-state index < -0.39 is 28.8 Å². The number of ether oxygens (including phenoxy) is 1. The maximum Gasteiger partial charge on any atom is 0.412 e. The number of nitrogens with one attached hydrogen (secondary N) is 1. The minimum atomic E-state index is -0.975. The first-order valence-electron chi connectivity index (χ1n) is 8.56. The number of aromatic nitrogens is 1. The van der Waals surface area contributed by atoms with Gasteiger partial charge in [0.15, 0.2) is 0 Å². The van der Waals surface area contributed by atoms with Crippen LogP contribution in [0.2, 0.25) is 0 Å². The van der Waals surface area contributed by atoms with Gasteiger partial charge in [-0.05, 0) is 45.0 Å². The van der Waals surface area contributed by atoms with E-state index in [4.69, 9.17) is 10.5 Å². The fourth-order valence-corrected chi connectivity index (χ4v) is 3.10. The molecule has 0 fully saturated rings. The van der Waals surface area contributed by atoms with Gasteiger partial charge in [-0.2, -0.15) is 0 Å². The lowest BCUT2D eigenvalue weighted by molar-refractivity contribution is 0.0635. The van der Waals surface area contributed by atoms with Crippen LogP contribution in [0.3, 0.4) is 0 Å². The Morgan fingerprint density at radius 1 is 1.17 bits per heavy atom. The molecule has 9 heteroatoms. The summed E-state index contributed by atoms with van der Waals surface area (Å²) in [6.45, 7) is 4.98. The van der Waals surface area contributed by atoms with E-state index in [2.05, 4.69) is 21.2 Å².